The van der Waals surface area contributed by atoms with Crippen LogP contribution in [0.5, 0.6) is 0 Å². The molecule has 6 heteroatoms. The molecule has 0 unspecified atom stereocenters. The van der Waals surface area contributed by atoms with Gasteiger partial charge in [0.05, 0.1) is 5.60 Å². The molecule has 0 aliphatic carbocycles. The average molecular weight is 308 g/mol. The highest BCUT2D eigenvalue weighted by molar-refractivity contribution is 5.91. The number of hydrogen-bond acceptors (Lipinski definition) is 4. The number of pyridine rings is 1. The predicted octanol–water partition coefficient (Wildman–Crippen LogP) is 3.12. The molecule has 3 rings (SSSR count). The fraction of sp³-hybridized carbons (Fsp3) is 0.438. The summed E-state index contributed by atoms with van der Waals surface area (Å²) in [7, 11) is 1.68. The second kappa shape index (κ2) is 6.14. The van der Waals surface area contributed by atoms with Gasteiger partial charge in [-0.2, -0.15) is 0 Å². The summed E-state index contributed by atoms with van der Waals surface area (Å²) >= 11 is 0. The first-order valence-corrected chi connectivity index (χ1v) is 7.24. The van der Waals surface area contributed by atoms with Gasteiger partial charge in [0.25, 0.3) is 0 Å². The maximum Gasteiger partial charge on any atom is 0.152 e. The van der Waals surface area contributed by atoms with Crippen molar-refractivity contribution in [2.75, 3.05) is 32.2 Å². The summed E-state index contributed by atoms with van der Waals surface area (Å²) in [5.41, 5.74) is 0.482. The van der Waals surface area contributed by atoms with E-state index in [0.717, 1.165) is 18.9 Å². The van der Waals surface area contributed by atoms with Crippen LogP contribution in [0.1, 0.15) is 12.8 Å². The molecule has 0 amide bonds. The van der Waals surface area contributed by atoms with E-state index in [1.165, 1.54) is 12.3 Å². The fourth-order valence-corrected chi connectivity index (χ4v) is 2.79. The lowest BCUT2D eigenvalue weighted by atomic mass is 9.94. The molecule has 0 bridgehead atoms. The van der Waals surface area contributed by atoms with Gasteiger partial charge in [-0.15, -0.1) is 0 Å². The Morgan fingerprint density at radius 2 is 2.09 bits per heavy atom. The molecule has 0 radical (unpaired) electrons. The van der Waals surface area contributed by atoms with Gasteiger partial charge in [-0.1, -0.05) is 0 Å². The van der Waals surface area contributed by atoms with Crippen LogP contribution in [0, 0.1) is 11.6 Å². The predicted molar refractivity (Wildman–Crippen MR) is 79.9 cm³/mol. The maximum atomic E-state index is 13.8. The molecule has 2 aromatic rings. The number of benzene rings is 1. The maximum absolute atomic E-state index is 13.8. The minimum atomic E-state index is -0.661. The SMILES string of the molecule is COC1(CNc2ccnc3c(F)cc(F)cc23)CCOCC1. The first kappa shape index (κ1) is 15.1. The van der Waals surface area contributed by atoms with Gasteiger partial charge in [0, 0.05) is 63.0 Å². The van der Waals surface area contributed by atoms with Crippen molar-refractivity contribution in [2.45, 2.75) is 18.4 Å². The zero-order valence-electron chi connectivity index (χ0n) is 12.4. The Morgan fingerprint density at radius 1 is 1.32 bits per heavy atom. The highest BCUT2D eigenvalue weighted by Gasteiger charge is 2.32. The number of anilines is 1. The minimum absolute atomic E-state index is 0.157. The van der Waals surface area contributed by atoms with Crippen LogP contribution in [-0.2, 0) is 9.47 Å². The number of nitrogens with one attached hydrogen (secondary N) is 1. The van der Waals surface area contributed by atoms with Gasteiger partial charge in [-0.3, -0.25) is 4.98 Å². The zero-order valence-corrected chi connectivity index (χ0v) is 12.4. The molecular weight excluding hydrogens is 290 g/mol. The van der Waals surface area contributed by atoms with E-state index in [1.54, 1.807) is 13.2 Å². The molecule has 1 saturated heterocycles. The quantitative estimate of drug-likeness (QED) is 0.942. The van der Waals surface area contributed by atoms with E-state index in [-0.39, 0.29) is 11.1 Å². The van der Waals surface area contributed by atoms with Gasteiger partial charge in [0.2, 0.25) is 0 Å². The molecule has 1 aromatic carbocycles. The lowest BCUT2D eigenvalue weighted by molar-refractivity contribution is -0.0807. The molecule has 118 valence electrons. The first-order chi connectivity index (χ1) is 10.6. The van der Waals surface area contributed by atoms with Gasteiger partial charge in [-0.05, 0) is 12.1 Å². The van der Waals surface area contributed by atoms with E-state index < -0.39 is 11.6 Å². The Kier molecular flexibility index (Phi) is 4.22. The Hall–Kier alpha value is -1.79. The lowest BCUT2D eigenvalue weighted by Crippen LogP contribution is -2.44. The number of hydrogen-bond donors (Lipinski definition) is 1. The highest BCUT2D eigenvalue weighted by Crippen LogP contribution is 2.28. The molecule has 1 fully saturated rings. The number of halogens is 2. The molecular formula is C16H18F2N2O2. The van der Waals surface area contributed by atoms with Crippen molar-refractivity contribution in [1.82, 2.24) is 4.98 Å². The molecule has 4 nitrogen and oxygen atoms in total. The van der Waals surface area contributed by atoms with Crippen molar-refractivity contribution >= 4 is 16.6 Å². The van der Waals surface area contributed by atoms with Gasteiger partial charge in [0.15, 0.2) is 5.82 Å². The second-order valence-electron chi connectivity index (χ2n) is 5.50. The number of methoxy groups -OCH3 is 1. The van der Waals surface area contributed by atoms with Crippen molar-refractivity contribution in [2.24, 2.45) is 0 Å². The summed E-state index contributed by atoms with van der Waals surface area (Å²) in [6, 6.07) is 3.84. The van der Waals surface area contributed by atoms with Crippen molar-refractivity contribution in [3.05, 3.63) is 36.0 Å². The molecule has 1 aliphatic heterocycles. The van der Waals surface area contributed by atoms with Crippen LogP contribution in [0.15, 0.2) is 24.4 Å². The number of fused-ring (bicyclic) bond motifs is 1. The Bertz CT molecular complexity index is 672. The van der Waals surface area contributed by atoms with E-state index in [9.17, 15) is 8.78 Å². The molecule has 1 aromatic heterocycles. The number of nitrogens with zero attached hydrogens (tertiary/aromatic N) is 1. The third-order valence-corrected chi connectivity index (χ3v) is 4.20. The lowest BCUT2D eigenvalue weighted by Gasteiger charge is -2.36. The van der Waals surface area contributed by atoms with Crippen LogP contribution >= 0.6 is 0 Å². The van der Waals surface area contributed by atoms with Gasteiger partial charge < -0.3 is 14.8 Å². The third kappa shape index (κ3) is 2.89. The van der Waals surface area contributed by atoms with E-state index in [4.69, 9.17) is 9.47 Å². The van der Waals surface area contributed by atoms with Crippen molar-refractivity contribution in [3.63, 3.8) is 0 Å². The topological polar surface area (TPSA) is 43.4 Å². The van der Waals surface area contributed by atoms with E-state index in [1.807, 2.05) is 0 Å². The van der Waals surface area contributed by atoms with Gasteiger partial charge >= 0.3 is 0 Å². The van der Waals surface area contributed by atoms with Crippen LogP contribution in [0.4, 0.5) is 14.5 Å². The van der Waals surface area contributed by atoms with Gasteiger partial charge in [0.1, 0.15) is 11.3 Å². The fourth-order valence-electron chi connectivity index (χ4n) is 2.79. The first-order valence-electron chi connectivity index (χ1n) is 7.24. The summed E-state index contributed by atoms with van der Waals surface area (Å²) in [5, 5.41) is 3.68. The van der Waals surface area contributed by atoms with E-state index in [2.05, 4.69) is 10.3 Å². The van der Waals surface area contributed by atoms with Crippen LogP contribution in [-0.4, -0.2) is 37.5 Å². The summed E-state index contributed by atoms with van der Waals surface area (Å²) < 4.78 is 38.3. The summed E-state index contributed by atoms with van der Waals surface area (Å²) in [4.78, 5) is 3.98. The van der Waals surface area contributed by atoms with Gasteiger partial charge in [-0.25, -0.2) is 8.78 Å². The molecule has 0 saturated carbocycles. The summed E-state index contributed by atoms with van der Waals surface area (Å²) in [6.45, 7) is 1.84. The third-order valence-electron chi connectivity index (χ3n) is 4.20. The monoisotopic (exact) mass is 308 g/mol. The molecule has 0 spiro atoms. The highest BCUT2D eigenvalue weighted by atomic mass is 19.1. The molecule has 0 atom stereocenters. The summed E-state index contributed by atoms with van der Waals surface area (Å²) in [5.74, 6) is -1.28. The second-order valence-corrected chi connectivity index (χ2v) is 5.50. The number of ether oxygens (including phenoxy) is 2. The normalized spacial score (nSPS) is 17.6. The van der Waals surface area contributed by atoms with Crippen molar-refractivity contribution in [3.8, 4) is 0 Å². The van der Waals surface area contributed by atoms with Crippen molar-refractivity contribution < 1.29 is 18.3 Å². The Labute approximate surface area is 127 Å². The zero-order chi connectivity index (χ0) is 15.6. The molecule has 1 aliphatic rings. The number of aromatic nitrogens is 1. The number of rotatable bonds is 4. The molecule has 2 heterocycles. The summed E-state index contributed by atoms with van der Waals surface area (Å²) in [6.07, 6.45) is 3.07. The van der Waals surface area contributed by atoms with E-state index in [0.29, 0.717) is 30.8 Å². The average Bonchev–Trinajstić information content (AvgIpc) is 2.54. The van der Waals surface area contributed by atoms with Crippen molar-refractivity contribution in [1.29, 1.82) is 0 Å². The van der Waals surface area contributed by atoms with Crippen LogP contribution in [0.3, 0.4) is 0 Å². The minimum Gasteiger partial charge on any atom is -0.382 e. The van der Waals surface area contributed by atoms with Crippen LogP contribution in [0.25, 0.3) is 10.9 Å². The smallest absolute Gasteiger partial charge is 0.152 e. The standard InChI is InChI=1S/C16H18F2N2O2/c1-21-16(3-6-22-7-4-16)10-20-14-2-5-19-15-12(14)8-11(17)9-13(15)18/h2,5,8-9H,3-4,6-7,10H2,1H3,(H,19,20). The van der Waals surface area contributed by atoms with Crippen LogP contribution in [0.2, 0.25) is 0 Å². The largest absolute Gasteiger partial charge is 0.382 e. The molecule has 22 heavy (non-hydrogen) atoms. The Balaban J connectivity index is 1.87. The van der Waals surface area contributed by atoms with E-state index >= 15 is 0 Å². The van der Waals surface area contributed by atoms with Crippen LogP contribution < -0.4 is 5.32 Å². The molecule has 1 N–H and O–H groups in total. The Morgan fingerprint density at radius 3 is 2.82 bits per heavy atom.